The van der Waals surface area contributed by atoms with Gasteiger partial charge in [0.2, 0.25) is 0 Å². The molecule has 0 fully saturated rings. The average Bonchev–Trinajstić information content (AvgIpc) is 2.42. The maximum atomic E-state index is 12.0. The molecule has 0 unspecified atom stereocenters. The van der Waals surface area contributed by atoms with E-state index in [4.69, 9.17) is 10.5 Å². The zero-order valence-electron chi connectivity index (χ0n) is 11.8. The Morgan fingerprint density at radius 1 is 1.35 bits per heavy atom. The molecule has 6 heteroatoms. The van der Waals surface area contributed by atoms with Crippen molar-refractivity contribution in [1.29, 1.82) is 0 Å². The van der Waals surface area contributed by atoms with E-state index in [1.165, 1.54) is 4.68 Å². The fourth-order valence-electron chi connectivity index (χ4n) is 1.84. The van der Waals surface area contributed by atoms with E-state index in [1.54, 1.807) is 31.5 Å². The van der Waals surface area contributed by atoms with Crippen LogP contribution in [0.1, 0.15) is 5.56 Å². The molecule has 1 aromatic carbocycles. The first-order chi connectivity index (χ1) is 9.51. The van der Waals surface area contributed by atoms with Crippen molar-refractivity contribution in [2.75, 3.05) is 31.8 Å². The lowest BCUT2D eigenvalue weighted by Gasteiger charge is -2.13. The zero-order chi connectivity index (χ0) is 14.7. The first-order valence-corrected chi connectivity index (χ1v) is 6.18. The molecule has 2 rings (SSSR count). The van der Waals surface area contributed by atoms with Gasteiger partial charge in [0.05, 0.1) is 25.5 Å². The number of methoxy groups -OCH3 is 1. The smallest absolute Gasteiger partial charge is 0.269 e. The standard InChI is InChI=1S/C14H18N4O2/c1-17(2)12-7-14(19)18(16-8-12)9-10-4-5-11(15)6-13(10)20-3/h4-8H,9,15H2,1-3H3. The van der Waals surface area contributed by atoms with Gasteiger partial charge < -0.3 is 15.4 Å². The number of aromatic nitrogens is 2. The van der Waals surface area contributed by atoms with Crippen LogP contribution in [0, 0.1) is 0 Å². The highest BCUT2D eigenvalue weighted by Gasteiger charge is 2.07. The van der Waals surface area contributed by atoms with Crippen molar-refractivity contribution in [1.82, 2.24) is 9.78 Å². The number of nitrogens with two attached hydrogens (primary N) is 1. The van der Waals surface area contributed by atoms with Gasteiger partial charge in [-0.05, 0) is 6.07 Å². The van der Waals surface area contributed by atoms with Crippen LogP contribution in [-0.4, -0.2) is 31.0 Å². The molecule has 2 N–H and O–H groups in total. The molecule has 0 saturated heterocycles. The lowest BCUT2D eigenvalue weighted by molar-refractivity contribution is 0.407. The van der Waals surface area contributed by atoms with E-state index in [2.05, 4.69) is 5.10 Å². The van der Waals surface area contributed by atoms with Gasteiger partial charge in [-0.25, -0.2) is 4.68 Å². The van der Waals surface area contributed by atoms with E-state index in [-0.39, 0.29) is 5.56 Å². The van der Waals surface area contributed by atoms with Gasteiger partial charge in [-0.15, -0.1) is 0 Å². The van der Waals surface area contributed by atoms with Crippen molar-refractivity contribution in [3.8, 4) is 5.75 Å². The quantitative estimate of drug-likeness (QED) is 0.840. The molecule has 1 aromatic heterocycles. The molecule has 0 amide bonds. The summed E-state index contributed by atoms with van der Waals surface area (Å²) in [4.78, 5) is 13.9. The third-order valence-corrected chi connectivity index (χ3v) is 3.00. The number of ether oxygens (including phenoxy) is 1. The summed E-state index contributed by atoms with van der Waals surface area (Å²) < 4.78 is 6.66. The van der Waals surface area contributed by atoms with Gasteiger partial charge in [0, 0.05) is 37.5 Å². The Bertz CT molecular complexity index is 664. The van der Waals surface area contributed by atoms with E-state index in [1.807, 2.05) is 25.1 Å². The van der Waals surface area contributed by atoms with Crippen LogP contribution in [0.5, 0.6) is 5.75 Å². The average molecular weight is 274 g/mol. The second kappa shape index (κ2) is 5.64. The van der Waals surface area contributed by atoms with E-state index in [9.17, 15) is 4.79 Å². The Kier molecular flexibility index (Phi) is 3.93. The van der Waals surface area contributed by atoms with Crippen molar-refractivity contribution < 1.29 is 4.74 Å². The molecule has 0 aliphatic rings. The molecule has 0 spiro atoms. The first kappa shape index (κ1) is 13.9. The Hall–Kier alpha value is -2.50. The maximum Gasteiger partial charge on any atom is 0.269 e. The highest BCUT2D eigenvalue weighted by atomic mass is 16.5. The lowest BCUT2D eigenvalue weighted by Crippen LogP contribution is -2.24. The van der Waals surface area contributed by atoms with Gasteiger partial charge in [-0.1, -0.05) is 6.07 Å². The Morgan fingerprint density at radius 2 is 2.10 bits per heavy atom. The van der Waals surface area contributed by atoms with Crippen molar-refractivity contribution in [3.63, 3.8) is 0 Å². The first-order valence-electron chi connectivity index (χ1n) is 6.18. The number of hydrogen-bond donors (Lipinski definition) is 1. The molecular formula is C14H18N4O2. The second-order valence-corrected chi connectivity index (χ2v) is 4.68. The highest BCUT2D eigenvalue weighted by molar-refractivity contribution is 5.48. The van der Waals surface area contributed by atoms with Gasteiger partial charge in [-0.2, -0.15) is 5.10 Å². The number of anilines is 2. The molecule has 2 aromatic rings. The molecule has 20 heavy (non-hydrogen) atoms. The van der Waals surface area contributed by atoms with Gasteiger partial charge in [0.1, 0.15) is 5.75 Å². The summed E-state index contributed by atoms with van der Waals surface area (Å²) in [5.74, 6) is 0.649. The minimum atomic E-state index is -0.157. The summed E-state index contributed by atoms with van der Waals surface area (Å²) in [5, 5.41) is 4.17. The maximum absolute atomic E-state index is 12.0. The number of nitrogen functional groups attached to an aromatic ring is 1. The molecule has 0 radical (unpaired) electrons. The second-order valence-electron chi connectivity index (χ2n) is 4.68. The minimum Gasteiger partial charge on any atom is -0.496 e. The third-order valence-electron chi connectivity index (χ3n) is 3.00. The summed E-state index contributed by atoms with van der Waals surface area (Å²) in [6.07, 6.45) is 1.66. The largest absolute Gasteiger partial charge is 0.496 e. The normalized spacial score (nSPS) is 10.3. The number of hydrogen-bond acceptors (Lipinski definition) is 5. The van der Waals surface area contributed by atoms with Crippen LogP contribution in [0.25, 0.3) is 0 Å². The van der Waals surface area contributed by atoms with Gasteiger partial charge >= 0.3 is 0 Å². The third kappa shape index (κ3) is 2.90. The minimum absolute atomic E-state index is 0.157. The summed E-state index contributed by atoms with van der Waals surface area (Å²) in [6, 6.07) is 6.89. The molecule has 1 heterocycles. The SMILES string of the molecule is COc1cc(N)ccc1Cn1ncc(N(C)C)cc1=O. The number of benzene rings is 1. The molecule has 6 nitrogen and oxygen atoms in total. The summed E-state index contributed by atoms with van der Waals surface area (Å²) in [7, 11) is 5.30. The Labute approximate surface area is 117 Å². The van der Waals surface area contributed by atoms with Crippen LogP contribution in [0.4, 0.5) is 11.4 Å². The van der Waals surface area contributed by atoms with Crippen LogP contribution in [-0.2, 0) is 6.54 Å². The Morgan fingerprint density at radius 3 is 2.70 bits per heavy atom. The summed E-state index contributed by atoms with van der Waals surface area (Å²) in [6.45, 7) is 0.343. The topological polar surface area (TPSA) is 73.4 Å². The predicted octanol–water partition coefficient (Wildman–Crippen LogP) is 0.948. The molecule has 0 aliphatic heterocycles. The zero-order valence-corrected chi connectivity index (χ0v) is 11.8. The van der Waals surface area contributed by atoms with E-state index >= 15 is 0 Å². The van der Waals surface area contributed by atoms with Crippen LogP contribution < -0.4 is 20.9 Å². The predicted molar refractivity (Wildman–Crippen MR) is 79.3 cm³/mol. The van der Waals surface area contributed by atoms with Crippen molar-refractivity contribution in [3.05, 3.63) is 46.4 Å². The van der Waals surface area contributed by atoms with Crippen molar-refractivity contribution in [2.45, 2.75) is 6.54 Å². The Balaban J connectivity index is 2.33. The van der Waals surface area contributed by atoms with E-state index in [0.717, 1.165) is 11.3 Å². The molecule has 0 atom stereocenters. The molecule has 0 aliphatic carbocycles. The van der Waals surface area contributed by atoms with Gasteiger partial charge in [0.25, 0.3) is 5.56 Å². The van der Waals surface area contributed by atoms with Gasteiger partial charge in [0.15, 0.2) is 0 Å². The van der Waals surface area contributed by atoms with E-state index in [0.29, 0.717) is 18.0 Å². The van der Waals surface area contributed by atoms with Crippen molar-refractivity contribution in [2.24, 2.45) is 0 Å². The summed E-state index contributed by atoms with van der Waals surface area (Å²) in [5.41, 5.74) is 7.80. The highest BCUT2D eigenvalue weighted by Crippen LogP contribution is 2.21. The number of rotatable bonds is 4. The van der Waals surface area contributed by atoms with Crippen LogP contribution >= 0.6 is 0 Å². The lowest BCUT2D eigenvalue weighted by atomic mass is 10.2. The molecule has 0 bridgehead atoms. The molecular weight excluding hydrogens is 256 g/mol. The fourth-order valence-corrected chi connectivity index (χ4v) is 1.84. The van der Waals surface area contributed by atoms with E-state index < -0.39 is 0 Å². The number of nitrogens with zero attached hydrogens (tertiary/aromatic N) is 3. The van der Waals surface area contributed by atoms with Crippen molar-refractivity contribution >= 4 is 11.4 Å². The van der Waals surface area contributed by atoms with Crippen LogP contribution in [0.2, 0.25) is 0 Å². The summed E-state index contributed by atoms with van der Waals surface area (Å²) >= 11 is 0. The van der Waals surface area contributed by atoms with Crippen LogP contribution in [0.15, 0.2) is 35.3 Å². The molecule has 106 valence electrons. The van der Waals surface area contributed by atoms with Crippen LogP contribution in [0.3, 0.4) is 0 Å². The monoisotopic (exact) mass is 274 g/mol. The molecule has 0 saturated carbocycles. The fraction of sp³-hybridized carbons (Fsp3) is 0.286. The van der Waals surface area contributed by atoms with Gasteiger partial charge in [-0.3, -0.25) is 4.79 Å².